The van der Waals surface area contributed by atoms with Gasteiger partial charge in [-0.05, 0) is 42.8 Å². The highest BCUT2D eigenvalue weighted by Crippen LogP contribution is 2.40. The second-order valence-electron chi connectivity index (χ2n) is 8.01. The summed E-state index contributed by atoms with van der Waals surface area (Å²) in [7, 11) is -1.87. The summed E-state index contributed by atoms with van der Waals surface area (Å²) in [6, 6.07) is 21.1. The third-order valence-electron chi connectivity index (χ3n) is 4.98. The molecular weight excluding hydrogens is 310 g/mol. The molecule has 0 radical (unpaired) electrons. The maximum atomic E-state index is 6.80. The summed E-state index contributed by atoms with van der Waals surface area (Å²) >= 11 is 0. The van der Waals surface area contributed by atoms with Crippen LogP contribution in [0.2, 0.25) is 18.1 Å². The molecule has 0 saturated carbocycles. The molecule has 0 heterocycles. The molecule has 2 aromatic carbocycles. The zero-order chi connectivity index (χ0) is 17.8. The summed E-state index contributed by atoms with van der Waals surface area (Å²) in [4.78, 5) is 0. The van der Waals surface area contributed by atoms with E-state index in [9.17, 15) is 0 Å². The quantitative estimate of drug-likeness (QED) is 0.627. The Hall–Kier alpha value is -1.58. The van der Waals surface area contributed by atoms with Crippen molar-refractivity contribution in [3.63, 3.8) is 0 Å². The van der Waals surface area contributed by atoms with Gasteiger partial charge in [0.2, 0.25) is 0 Å². The van der Waals surface area contributed by atoms with Gasteiger partial charge in [0.25, 0.3) is 0 Å². The van der Waals surface area contributed by atoms with E-state index in [1.54, 1.807) is 0 Å². The lowest BCUT2D eigenvalue weighted by atomic mass is 10.0. The lowest BCUT2D eigenvalue weighted by molar-refractivity contribution is 0.167. The first-order chi connectivity index (χ1) is 11.2. The highest BCUT2D eigenvalue weighted by atomic mass is 28.4. The number of nitrogens with one attached hydrogen (secondary N) is 1. The fourth-order valence-electron chi connectivity index (χ4n) is 2.47. The van der Waals surface area contributed by atoms with E-state index >= 15 is 0 Å². The van der Waals surface area contributed by atoms with Crippen LogP contribution in [0.5, 0.6) is 0 Å². The summed E-state index contributed by atoms with van der Waals surface area (Å²) in [5.74, 6) is 0. The fourth-order valence-corrected chi connectivity index (χ4v) is 3.80. The van der Waals surface area contributed by atoms with Gasteiger partial charge < -0.3 is 9.74 Å². The SMILES string of the molecule is C[C@H](Nc1ccccc1)[C@@H](O[Si](C)(C)C(C)(C)C)c1ccccc1. The third-order valence-corrected chi connectivity index (χ3v) is 9.43. The Morgan fingerprint density at radius 1 is 0.875 bits per heavy atom. The number of hydrogen-bond acceptors (Lipinski definition) is 2. The Kier molecular flexibility index (Phi) is 5.89. The largest absolute Gasteiger partial charge is 0.408 e. The molecule has 2 nitrogen and oxygen atoms in total. The van der Waals surface area contributed by atoms with Crippen molar-refractivity contribution in [2.75, 3.05) is 5.32 Å². The van der Waals surface area contributed by atoms with Gasteiger partial charge in [-0.3, -0.25) is 0 Å². The number of benzene rings is 2. The van der Waals surface area contributed by atoms with E-state index in [0.717, 1.165) is 5.69 Å². The molecule has 2 atom stereocenters. The van der Waals surface area contributed by atoms with Crippen LogP contribution in [-0.2, 0) is 4.43 Å². The van der Waals surface area contributed by atoms with Gasteiger partial charge in [-0.15, -0.1) is 0 Å². The highest BCUT2D eigenvalue weighted by molar-refractivity contribution is 6.74. The maximum absolute atomic E-state index is 6.80. The van der Waals surface area contributed by atoms with Crippen molar-refractivity contribution in [2.45, 2.75) is 58.0 Å². The standard InChI is InChI=1S/C21H31NOSi/c1-17(22-19-15-11-8-12-16-19)20(18-13-9-7-10-14-18)23-24(5,6)21(2,3)4/h7-17,20,22H,1-6H3/t17-,20+/m0/s1. The van der Waals surface area contributed by atoms with Gasteiger partial charge >= 0.3 is 0 Å². The van der Waals surface area contributed by atoms with Gasteiger partial charge in [-0.2, -0.15) is 0 Å². The zero-order valence-corrected chi connectivity index (χ0v) is 16.8. The molecule has 0 fully saturated rings. The molecule has 1 N–H and O–H groups in total. The molecule has 24 heavy (non-hydrogen) atoms. The minimum absolute atomic E-state index is 0.0345. The van der Waals surface area contributed by atoms with Crippen molar-refractivity contribution in [2.24, 2.45) is 0 Å². The van der Waals surface area contributed by atoms with Crippen LogP contribution in [0.25, 0.3) is 0 Å². The minimum Gasteiger partial charge on any atom is -0.408 e. The van der Waals surface area contributed by atoms with Crippen LogP contribution in [0.3, 0.4) is 0 Å². The Morgan fingerprint density at radius 3 is 1.88 bits per heavy atom. The van der Waals surface area contributed by atoms with E-state index in [2.05, 4.69) is 101 Å². The van der Waals surface area contributed by atoms with Crippen molar-refractivity contribution in [3.05, 3.63) is 66.2 Å². The first-order valence-electron chi connectivity index (χ1n) is 8.75. The van der Waals surface area contributed by atoms with Gasteiger partial charge in [0.1, 0.15) is 0 Å². The summed E-state index contributed by atoms with van der Waals surface area (Å²) in [5, 5.41) is 3.80. The Morgan fingerprint density at radius 2 is 1.38 bits per heavy atom. The van der Waals surface area contributed by atoms with E-state index in [-0.39, 0.29) is 17.2 Å². The maximum Gasteiger partial charge on any atom is 0.193 e. The summed E-state index contributed by atoms with van der Waals surface area (Å²) in [6.45, 7) is 13.7. The second-order valence-corrected chi connectivity index (χ2v) is 12.8. The van der Waals surface area contributed by atoms with E-state index < -0.39 is 8.32 Å². The smallest absolute Gasteiger partial charge is 0.193 e. The summed E-state index contributed by atoms with van der Waals surface area (Å²) in [6.07, 6.45) is 0.0345. The van der Waals surface area contributed by atoms with E-state index in [1.165, 1.54) is 5.56 Å². The van der Waals surface area contributed by atoms with Crippen molar-refractivity contribution in [1.82, 2.24) is 0 Å². The van der Waals surface area contributed by atoms with Crippen LogP contribution >= 0.6 is 0 Å². The molecule has 3 heteroatoms. The summed E-state index contributed by atoms with van der Waals surface area (Å²) in [5.41, 5.74) is 2.36. The summed E-state index contributed by atoms with van der Waals surface area (Å²) < 4.78 is 6.80. The first-order valence-corrected chi connectivity index (χ1v) is 11.7. The molecule has 130 valence electrons. The van der Waals surface area contributed by atoms with E-state index in [0.29, 0.717) is 0 Å². The molecule has 0 aromatic heterocycles. The molecule has 0 unspecified atom stereocenters. The topological polar surface area (TPSA) is 21.3 Å². The molecular formula is C21H31NOSi. The number of rotatable bonds is 6. The molecule has 0 bridgehead atoms. The predicted molar refractivity (Wildman–Crippen MR) is 107 cm³/mol. The predicted octanol–water partition coefficient (Wildman–Crippen LogP) is 6.25. The van der Waals surface area contributed by atoms with Crippen molar-refractivity contribution in [1.29, 1.82) is 0 Å². The highest BCUT2D eigenvalue weighted by Gasteiger charge is 2.40. The van der Waals surface area contributed by atoms with Crippen LogP contribution in [-0.4, -0.2) is 14.4 Å². The number of para-hydroxylation sites is 1. The molecule has 0 aliphatic carbocycles. The van der Waals surface area contributed by atoms with Gasteiger partial charge in [-0.1, -0.05) is 69.3 Å². The van der Waals surface area contributed by atoms with E-state index in [4.69, 9.17) is 4.43 Å². The van der Waals surface area contributed by atoms with Gasteiger partial charge in [-0.25, -0.2) is 0 Å². The lowest BCUT2D eigenvalue weighted by Crippen LogP contribution is -2.44. The third kappa shape index (κ3) is 4.71. The first kappa shape index (κ1) is 18.8. The van der Waals surface area contributed by atoms with Crippen LogP contribution in [0, 0.1) is 0 Å². The molecule has 0 amide bonds. The zero-order valence-electron chi connectivity index (χ0n) is 15.8. The van der Waals surface area contributed by atoms with Crippen LogP contribution < -0.4 is 5.32 Å². The van der Waals surface area contributed by atoms with Crippen LogP contribution in [0.1, 0.15) is 39.4 Å². The van der Waals surface area contributed by atoms with Gasteiger partial charge in [0.05, 0.1) is 12.1 Å². The molecule has 0 aliphatic heterocycles. The molecule has 0 aliphatic rings. The van der Waals surface area contributed by atoms with Gasteiger partial charge in [0.15, 0.2) is 8.32 Å². The molecule has 0 saturated heterocycles. The molecule has 2 aromatic rings. The van der Waals surface area contributed by atoms with Crippen molar-refractivity contribution in [3.8, 4) is 0 Å². The normalized spacial score (nSPS) is 14.9. The van der Waals surface area contributed by atoms with Crippen LogP contribution in [0.4, 0.5) is 5.69 Å². The monoisotopic (exact) mass is 341 g/mol. The molecule has 0 spiro atoms. The second kappa shape index (κ2) is 7.54. The van der Waals surface area contributed by atoms with Crippen LogP contribution in [0.15, 0.2) is 60.7 Å². The molecule has 2 rings (SSSR count). The Labute approximate surface area is 148 Å². The van der Waals surface area contributed by atoms with E-state index in [1.807, 2.05) is 6.07 Å². The minimum atomic E-state index is -1.87. The fraction of sp³-hybridized carbons (Fsp3) is 0.429. The van der Waals surface area contributed by atoms with Crippen molar-refractivity contribution >= 4 is 14.0 Å². The average Bonchev–Trinajstić information content (AvgIpc) is 2.53. The lowest BCUT2D eigenvalue weighted by Gasteiger charge is -2.41. The van der Waals surface area contributed by atoms with Gasteiger partial charge in [0, 0.05) is 5.69 Å². The Bertz CT molecular complexity index is 619. The number of anilines is 1. The number of hydrogen-bond donors (Lipinski definition) is 1. The van der Waals surface area contributed by atoms with Crippen molar-refractivity contribution < 1.29 is 4.43 Å². The Balaban J connectivity index is 2.26. The average molecular weight is 342 g/mol.